The quantitative estimate of drug-likeness (QED) is 0.667. The Morgan fingerprint density at radius 1 is 1.37 bits per heavy atom. The van der Waals surface area contributed by atoms with Gasteiger partial charge in [0, 0.05) is 10.5 Å². The van der Waals surface area contributed by atoms with Crippen LogP contribution < -0.4 is 11.1 Å². The van der Waals surface area contributed by atoms with Gasteiger partial charge in [0.2, 0.25) is 5.82 Å². The van der Waals surface area contributed by atoms with Crippen LogP contribution in [0.4, 0.5) is 27.4 Å². The highest BCUT2D eigenvalue weighted by Crippen LogP contribution is 2.30. The zero-order valence-corrected chi connectivity index (χ0v) is 11.0. The van der Waals surface area contributed by atoms with Crippen molar-refractivity contribution in [2.75, 3.05) is 11.1 Å². The van der Waals surface area contributed by atoms with Crippen LogP contribution in [0.2, 0.25) is 0 Å². The van der Waals surface area contributed by atoms with Crippen molar-refractivity contribution < 1.29 is 9.31 Å². The van der Waals surface area contributed by atoms with Crippen molar-refractivity contribution >= 4 is 38.9 Å². The summed E-state index contributed by atoms with van der Waals surface area (Å²) in [7, 11) is 0. The minimum absolute atomic E-state index is 0.00249. The van der Waals surface area contributed by atoms with Crippen molar-refractivity contribution in [3.63, 3.8) is 0 Å². The summed E-state index contributed by atoms with van der Waals surface area (Å²) in [6.07, 6.45) is 0. The maximum absolute atomic E-state index is 13.0. The van der Waals surface area contributed by atoms with Crippen molar-refractivity contribution in [1.82, 2.24) is 4.98 Å². The predicted octanol–water partition coefficient (Wildman–Crippen LogP) is 3.22. The van der Waals surface area contributed by atoms with Crippen LogP contribution in [0.15, 0.2) is 34.8 Å². The zero-order chi connectivity index (χ0) is 14.0. The first-order valence-electron chi connectivity index (χ1n) is 5.10. The summed E-state index contributed by atoms with van der Waals surface area (Å²) in [5.41, 5.74) is 5.73. The standard InChI is InChI=1S/C11H8BrFN4O2/c12-7-5-6(13)1-2-8(7)15-11-9(17(18)19)3-4-10(14)16-11/h1-5H,(H3,14,15,16). The average Bonchev–Trinajstić information content (AvgIpc) is 2.32. The number of nitro groups is 1. The third-order valence-corrected chi connectivity index (χ3v) is 2.93. The van der Waals surface area contributed by atoms with Gasteiger partial charge in [-0.1, -0.05) is 0 Å². The topological polar surface area (TPSA) is 94.1 Å². The van der Waals surface area contributed by atoms with Gasteiger partial charge in [0.1, 0.15) is 11.6 Å². The molecule has 3 N–H and O–H groups in total. The number of nitrogens with zero attached hydrogens (tertiary/aromatic N) is 2. The number of hydrogen-bond donors (Lipinski definition) is 2. The first-order valence-corrected chi connectivity index (χ1v) is 5.89. The lowest BCUT2D eigenvalue weighted by Crippen LogP contribution is -2.02. The molecule has 6 nitrogen and oxygen atoms in total. The van der Waals surface area contributed by atoms with E-state index >= 15 is 0 Å². The number of benzene rings is 1. The summed E-state index contributed by atoms with van der Waals surface area (Å²) in [4.78, 5) is 14.2. The number of aromatic nitrogens is 1. The molecule has 0 amide bonds. The molecule has 0 aliphatic rings. The van der Waals surface area contributed by atoms with E-state index in [0.717, 1.165) is 0 Å². The Morgan fingerprint density at radius 2 is 2.11 bits per heavy atom. The molecule has 0 radical (unpaired) electrons. The Labute approximate surface area is 115 Å². The van der Waals surface area contributed by atoms with Crippen LogP contribution in [0.1, 0.15) is 0 Å². The van der Waals surface area contributed by atoms with E-state index in [1.807, 2.05) is 0 Å². The largest absolute Gasteiger partial charge is 0.384 e. The third kappa shape index (κ3) is 2.97. The van der Waals surface area contributed by atoms with E-state index in [2.05, 4.69) is 26.2 Å². The number of anilines is 3. The highest BCUT2D eigenvalue weighted by atomic mass is 79.9. The molecule has 8 heteroatoms. The summed E-state index contributed by atoms with van der Waals surface area (Å²) < 4.78 is 13.4. The van der Waals surface area contributed by atoms with Gasteiger partial charge < -0.3 is 11.1 Å². The molecule has 0 atom stereocenters. The molecule has 1 aromatic carbocycles. The molecule has 2 aromatic rings. The Balaban J connectivity index is 2.42. The van der Waals surface area contributed by atoms with E-state index < -0.39 is 10.7 Å². The highest BCUT2D eigenvalue weighted by molar-refractivity contribution is 9.10. The maximum Gasteiger partial charge on any atom is 0.311 e. The molecule has 0 saturated heterocycles. The van der Waals surface area contributed by atoms with Gasteiger partial charge in [0.25, 0.3) is 0 Å². The number of nitrogens with one attached hydrogen (secondary N) is 1. The number of nitrogen functional groups attached to an aromatic ring is 1. The molecule has 0 bridgehead atoms. The van der Waals surface area contributed by atoms with Crippen LogP contribution in [0.5, 0.6) is 0 Å². The van der Waals surface area contributed by atoms with Crippen molar-refractivity contribution in [2.24, 2.45) is 0 Å². The van der Waals surface area contributed by atoms with Gasteiger partial charge in [-0.05, 0) is 40.2 Å². The SMILES string of the molecule is Nc1ccc([N+](=O)[O-])c(Nc2ccc(F)cc2Br)n1. The molecule has 2 rings (SSSR count). The fraction of sp³-hybridized carbons (Fsp3) is 0. The molecular weight excluding hydrogens is 319 g/mol. The summed E-state index contributed by atoms with van der Waals surface area (Å²) in [5, 5.41) is 13.6. The number of nitrogens with two attached hydrogens (primary N) is 1. The highest BCUT2D eigenvalue weighted by Gasteiger charge is 2.16. The summed E-state index contributed by atoms with van der Waals surface area (Å²) in [6.45, 7) is 0. The molecule has 98 valence electrons. The minimum Gasteiger partial charge on any atom is -0.384 e. The van der Waals surface area contributed by atoms with Crippen LogP contribution in [0.25, 0.3) is 0 Å². The number of hydrogen-bond acceptors (Lipinski definition) is 5. The molecule has 0 unspecified atom stereocenters. The van der Waals surface area contributed by atoms with Gasteiger partial charge >= 0.3 is 5.69 Å². The zero-order valence-electron chi connectivity index (χ0n) is 9.43. The molecule has 0 saturated carbocycles. The monoisotopic (exact) mass is 326 g/mol. The number of pyridine rings is 1. The predicted molar refractivity (Wildman–Crippen MR) is 72.7 cm³/mol. The molecular formula is C11H8BrFN4O2. The first-order chi connectivity index (χ1) is 8.97. The summed E-state index contributed by atoms with van der Waals surface area (Å²) in [5.74, 6) is -0.281. The lowest BCUT2D eigenvalue weighted by Gasteiger charge is -2.08. The Hall–Kier alpha value is -2.22. The Bertz CT molecular complexity index is 651. The second-order valence-electron chi connectivity index (χ2n) is 3.61. The third-order valence-electron chi connectivity index (χ3n) is 2.28. The van der Waals surface area contributed by atoms with Crippen molar-refractivity contribution in [2.45, 2.75) is 0 Å². The average molecular weight is 327 g/mol. The van der Waals surface area contributed by atoms with Gasteiger partial charge in [-0.25, -0.2) is 9.37 Å². The lowest BCUT2D eigenvalue weighted by atomic mass is 10.3. The first kappa shape index (κ1) is 13.2. The van der Waals surface area contributed by atoms with Crippen molar-refractivity contribution in [1.29, 1.82) is 0 Å². The maximum atomic E-state index is 13.0. The van der Waals surface area contributed by atoms with Gasteiger partial charge in [0.15, 0.2) is 0 Å². The molecule has 19 heavy (non-hydrogen) atoms. The van der Waals surface area contributed by atoms with Crippen LogP contribution in [-0.2, 0) is 0 Å². The molecule has 1 aromatic heterocycles. The van der Waals surface area contributed by atoms with E-state index in [9.17, 15) is 14.5 Å². The van der Waals surface area contributed by atoms with Gasteiger partial charge in [-0.2, -0.15) is 0 Å². The van der Waals surface area contributed by atoms with E-state index in [-0.39, 0.29) is 17.3 Å². The van der Waals surface area contributed by atoms with Gasteiger partial charge in [-0.3, -0.25) is 10.1 Å². The minimum atomic E-state index is -0.577. The van der Waals surface area contributed by atoms with Crippen LogP contribution >= 0.6 is 15.9 Å². The van der Waals surface area contributed by atoms with E-state index in [1.54, 1.807) is 0 Å². The second kappa shape index (κ2) is 5.19. The summed E-state index contributed by atoms with van der Waals surface area (Å²) >= 11 is 3.15. The molecule has 0 spiro atoms. The van der Waals surface area contributed by atoms with Crippen molar-refractivity contribution in [3.05, 3.63) is 50.7 Å². The van der Waals surface area contributed by atoms with Crippen molar-refractivity contribution in [3.8, 4) is 0 Å². The van der Waals surface area contributed by atoms with Gasteiger partial charge in [-0.15, -0.1) is 0 Å². The van der Waals surface area contributed by atoms with E-state index in [0.29, 0.717) is 10.2 Å². The number of rotatable bonds is 3. The van der Waals surface area contributed by atoms with Crippen LogP contribution in [-0.4, -0.2) is 9.91 Å². The molecule has 0 aliphatic heterocycles. The van der Waals surface area contributed by atoms with E-state index in [1.165, 1.54) is 30.3 Å². The van der Waals surface area contributed by atoms with Crippen LogP contribution in [0.3, 0.4) is 0 Å². The molecule has 0 fully saturated rings. The Morgan fingerprint density at radius 3 is 2.74 bits per heavy atom. The fourth-order valence-electron chi connectivity index (χ4n) is 1.42. The lowest BCUT2D eigenvalue weighted by molar-refractivity contribution is -0.384. The van der Waals surface area contributed by atoms with Gasteiger partial charge in [0.05, 0.1) is 10.6 Å². The van der Waals surface area contributed by atoms with E-state index in [4.69, 9.17) is 5.73 Å². The molecule has 1 heterocycles. The Kier molecular flexibility index (Phi) is 3.61. The van der Waals surface area contributed by atoms with Crippen LogP contribution in [0, 0.1) is 15.9 Å². The summed E-state index contributed by atoms with van der Waals surface area (Å²) in [6, 6.07) is 6.49. The fourth-order valence-corrected chi connectivity index (χ4v) is 1.87. The number of halogens is 2. The second-order valence-corrected chi connectivity index (χ2v) is 4.46. The normalized spacial score (nSPS) is 10.2. The molecule has 0 aliphatic carbocycles. The smallest absolute Gasteiger partial charge is 0.311 e.